The van der Waals surface area contributed by atoms with Crippen LogP contribution in [0.25, 0.3) is 28.5 Å². The summed E-state index contributed by atoms with van der Waals surface area (Å²) in [6.45, 7) is 1.89. The first kappa shape index (κ1) is 25.2. The summed E-state index contributed by atoms with van der Waals surface area (Å²) < 4.78 is 26.6. The van der Waals surface area contributed by atoms with Crippen molar-refractivity contribution >= 4 is 34.2 Å². The van der Waals surface area contributed by atoms with Crippen molar-refractivity contribution in [1.82, 2.24) is 33.7 Å². The number of ether oxygens (including phenoxy) is 1. The first-order valence-electron chi connectivity index (χ1n) is 11.0. The fraction of sp³-hybridized carbons (Fsp3) is 0.125. The molecular formula is C24H18ClFN8O3S. The van der Waals surface area contributed by atoms with E-state index in [4.69, 9.17) is 16.3 Å². The molecular weight excluding hydrogens is 535 g/mol. The maximum absolute atomic E-state index is 14.2. The van der Waals surface area contributed by atoms with Crippen molar-refractivity contribution in [2.24, 2.45) is 7.05 Å². The Balaban J connectivity index is 1.57. The molecule has 5 aromatic heterocycles. The summed E-state index contributed by atoms with van der Waals surface area (Å²) in [4.78, 5) is 38.7. The summed E-state index contributed by atoms with van der Waals surface area (Å²) in [6, 6.07) is 4.37. The lowest BCUT2D eigenvalue weighted by atomic mass is 10.0. The van der Waals surface area contributed by atoms with Crippen LogP contribution >= 0.6 is 23.1 Å². The van der Waals surface area contributed by atoms with Crippen LogP contribution in [0.2, 0.25) is 5.02 Å². The Morgan fingerprint density at radius 2 is 2.03 bits per heavy atom. The molecule has 1 amide bonds. The Labute approximate surface area is 223 Å². The van der Waals surface area contributed by atoms with Crippen LogP contribution in [0, 0.1) is 12.7 Å². The molecule has 1 N–H and O–H groups in total. The highest BCUT2D eigenvalue weighted by Crippen LogP contribution is 2.33. The quantitative estimate of drug-likeness (QED) is 0.335. The molecule has 0 aromatic carbocycles. The lowest BCUT2D eigenvalue weighted by Crippen LogP contribution is -2.22. The highest BCUT2D eigenvalue weighted by Gasteiger charge is 2.21. The molecule has 0 bridgehead atoms. The number of halogens is 2. The van der Waals surface area contributed by atoms with Gasteiger partial charge < -0.3 is 4.74 Å². The molecule has 0 aliphatic rings. The number of amides is 1. The summed E-state index contributed by atoms with van der Waals surface area (Å²) >= 11 is 6.75. The summed E-state index contributed by atoms with van der Waals surface area (Å²) in [7, 11) is 3.24. The number of carbonyl (C=O) groups is 1. The number of pyridine rings is 3. The predicted octanol–water partition coefficient (Wildman–Crippen LogP) is 3.91. The molecule has 0 aliphatic heterocycles. The average Bonchev–Trinajstić information content (AvgIpc) is 3.51. The summed E-state index contributed by atoms with van der Waals surface area (Å²) in [5.74, 6) is -0.774. The van der Waals surface area contributed by atoms with Gasteiger partial charge in [-0.3, -0.25) is 29.1 Å². The van der Waals surface area contributed by atoms with E-state index in [-0.39, 0.29) is 21.5 Å². The normalized spacial score (nSPS) is 11.0. The van der Waals surface area contributed by atoms with Gasteiger partial charge in [0.25, 0.3) is 11.5 Å². The van der Waals surface area contributed by atoms with Gasteiger partial charge in [-0.1, -0.05) is 11.6 Å². The van der Waals surface area contributed by atoms with Gasteiger partial charge in [-0.25, -0.2) is 4.98 Å². The number of hydrogen-bond donors (Lipinski definition) is 1. The van der Waals surface area contributed by atoms with E-state index < -0.39 is 17.3 Å². The van der Waals surface area contributed by atoms with Crippen molar-refractivity contribution in [2.45, 2.75) is 6.92 Å². The zero-order valence-electron chi connectivity index (χ0n) is 20.1. The molecule has 5 rings (SSSR count). The minimum Gasteiger partial charge on any atom is -0.494 e. The van der Waals surface area contributed by atoms with Crippen molar-refractivity contribution in [2.75, 3.05) is 12.4 Å². The SMILES string of the molecule is COc1cnccc1-c1cc(-n2ccc(Cl)c(F)c2=O)ncc1C(=O)Nc1nc(-c2c(C)cnn2C)ns1. The van der Waals surface area contributed by atoms with Gasteiger partial charge >= 0.3 is 0 Å². The molecule has 38 heavy (non-hydrogen) atoms. The zero-order chi connectivity index (χ0) is 27.0. The summed E-state index contributed by atoms with van der Waals surface area (Å²) in [5, 5.41) is 6.90. The number of hydrogen-bond acceptors (Lipinski definition) is 9. The van der Waals surface area contributed by atoms with Crippen molar-refractivity contribution in [1.29, 1.82) is 0 Å². The molecule has 0 atom stereocenters. The second-order valence-corrected chi connectivity index (χ2v) is 9.15. The smallest absolute Gasteiger partial charge is 0.293 e. The highest BCUT2D eigenvalue weighted by molar-refractivity contribution is 7.10. The highest BCUT2D eigenvalue weighted by atomic mass is 35.5. The van der Waals surface area contributed by atoms with Crippen LogP contribution in [-0.2, 0) is 7.05 Å². The lowest BCUT2D eigenvalue weighted by Gasteiger charge is -2.14. The van der Waals surface area contributed by atoms with Gasteiger partial charge in [-0.2, -0.15) is 18.8 Å². The van der Waals surface area contributed by atoms with Gasteiger partial charge in [0.1, 0.15) is 17.3 Å². The van der Waals surface area contributed by atoms with Crippen LogP contribution in [0.15, 0.2) is 54.0 Å². The number of nitrogens with one attached hydrogen (secondary N) is 1. The first-order chi connectivity index (χ1) is 18.3. The second kappa shape index (κ2) is 10.1. The van der Waals surface area contributed by atoms with Gasteiger partial charge in [0.05, 0.1) is 30.1 Å². The Hall–Kier alpha value is -4.49. The van der Waals surface area contributed by atoms with Crippen molar-refractivity contribution in [3.8, 4) is 34.2 Å². The fourth-order valence-corrected chi connectivity index (χ4v) is 4.52. The average molecular weight is 553 g/mol. The number of anilines is 1. The van der Waals surface area contributed by atoms with Crippen LogP contribution in [0.4, 0.5) is 9.52 Å². The zero-order valence-corrected chi connectivity index (χ0v) is 21.7. The Bertz CT molecular complexity index is 1730. The number of rotatable bonds is 6. The van der Waals surface area contributed by atoms with Crippen LogP contribution < -0.4 is 15.6 Å². The van der Waals surface area contributed by atoms with Crippen molar-refractivity contribution in [3.63, 3.8) is 0 Å². The Morgan fingerprint density at radius 3 is 2.76 bits per heavy atom. The number of nitrogens with zero attached hydrogens (tertiary/aromatic N) is 7. The molecule has 0 radical (unpaired) electrons. The maximum Gasteiger partial charge on any atom is 0.293 e. The second-order valence-electron chi connectivity index (χ2n) is 7.99. The van der Waals surface area contributed by atoms with Crippen molar-refractivity contribution in [3.05, 3.63) is 81.5 Å². The van der Waals surface area contributed by atoms with Crippen molar-refractivity contribution < 1.29 is 13.9 Å². The molecule has 192 valence electrons. The first-order valence-corrected chi connectivity index (χ1v) is 12.1. The van der Waals surface area contributed by atoms with Crippen LogP contribution in [0.3, 0.4) is 0 Å². The Kier molecular flexibility index (Phi) is 6.70. The number of carbonyl (C=O) groups excluding carboxylic acids is 1. The Morgan fingerprint density at radius 1 is 1.21 bits per heavy atom. The molecule has 0 saturated heterocycles. The molecule has 0 unspecified atom stereocenters. The minimum absolute atomic E-state index is 0.0702. The van der Waals surface area contributed by atoms with E-state index in [1.165, 1.54) is 44.0 Å². The van der Waals surface area contributed by atoms with E-state index in [2.05, 4.69) is 29.7 Å². The third kappa shape index (κ3) is 4.53. The number of aromatic nitrogens is 7. The molecule has 0 aliphatic carbocycles. The van der Waals surface area contributed by atoms with Gasteiger partial charge in [-0.05, 0) is 30.7 Å². The van der Waals surface area contributed by atoms with E-state index in [1.54, 1.807) is 24.0 Å². The molecule has 11 nitrogen and oxygen atoms in total. The van der Waals surface area contributed by atoms with E-state index in [1.807, 2.05) is 6.92 Å². The van der Waals surface area contributed by atoms with E-state index in [0.29, 0.717) is 22.7 Å². The maximum atomic E-state index is 14.2. The van der Waals surface area contributed by atoms with Gasteiger partial charge in [0, 0.05) is 48.3 Å². The van der Waals surface area contributed by atoms with Crippen LogP contribution in [0.1, 0.15) is 15.9 Å². The predicted molar refractivity (Wildman–Crippen MR) is 139 cm³/mol. The molecule has 5 heterocycles. The fourth-order valence-electron chi connectivity index (χ4n) is 3.82. The monoisotopic (exact) mass is 552 g/mol. The van der Waals surface area contributed by atoms with Gasteiger partial charge in [-0.15, -0.1) is 0 Å². The largest absolute Gasteiger partial charge is 0.494 e. The molecule has 0 fully saturated rings. The summed E-state index contributed by atoms with van der Waals surface area (Å²) in [6.07, 6.45) is 7.30. The summed E-state index contributed by atoms with van der Waals surface area (Å²) in [5.41, 5.74) is 1.65. The van der Waals surface area contributed by atoms with Crippen LogP contribution in [0.5, 0.6) is 5.75 Å². The molecule has 5 aromatic rings. The third-order valence-electron chi connectivity index (χ3n) is 5.64. The standard InChI is InChI=1S/C24H18ClFN8O3S/c1-12-9-29-33(2)20(12)21-30-24(38-32-21)31-22(35)15-10-28-18(34-7-5-16(25)19(26)23(34)36)8-14(15)13-4-6-27-11-17(13)37-3/h4-11H,1-3H3,(H,30,31,32,35). The number of methoxy groups -OCH3 is 1. The van der Waals surface area contributed by atoms with Crippen LogP contribution in [-0.4, -0.2) is 46.7 Å². The van der Waals surface area contributed by atoms with E-state index >= 15 is 0 Å². The molecule has 0 spiro atoms. The van der Waals surface area contributed by atoms with E-state index in [0.717, 1.165) is 27.4 Å². The molecule has 14 heteroatoms. The topological polar surface area (TPSA) is 130 Å². The minimum atomic E-state index is -1.11. The third-order valence-corrected chi connectivity index (χ3v) is 6.56. The molecule has 0 saturated carbocycles. The number of aryl methyl sites for hydroxylation is 2. The van der Waals surface area contributed by atoms with Gasteiger partial charge in [0.2, 0.25) is 10.9 Å². The van der Waals surface area contributed by atoms with Gasteiger partial charge in [0.15, 0.2) is 5.82 Å². The lowest BCUT2D eigenvalue weighted by molar-refractivity contribution is 0.102. The van der Waals surface area contributed by atoms with E-state index in [9.17, 15) is 14.0 Å².